The summed E-state index contributed by atoms with van der Waals surface area (Å²) in [5.74, 6) is -2.11. The van der Waals surface area contributed by atoms with Gasteiger partial charge < -0.3 is 16.2 Å². The molecule has 0 radical (unpaired) electrons. The number of alkyl halides is 3. The van der Waals surface area contributed by atoms with Crippen LogP contribution in [0.4, 0.5) is 18.9 Å². The fourth-order valence-corrected chi connectivity index (χ4v) is 1.59. The van der Waals surface area contributed by atoms with Gasteiger partial charge in [0.05, 0.1) is 16.8 Å². The maximum absolute atomic E-state index is 12.5. The van der Waals surface area contributed by atoms with E-state index in [1.54, 1.807) is 6.92 Å². The summed E-state index contributed by atoms with van der Waals surface area (Å²) in [5.41, 5.74) is 3.67. The molecular weight excluding hydrogens is 289 g/mol. The molecule has 1 amide bonds. The number of carbonyl (C=O) groups excluding carboxylic acids is 1. The van der Waals surface area contributed by atoms with E-state index in [1.807, 2.05) is 0 Å². The normalized spacial score (nSPS) is 12.8. The molecule has 0 aromatic heterocycles. The highest BCUT2D eigenvalue weighted by molar-refractivity contribution is 6.00. The fourth-order valence-electron chi connectivity index (χ4n) is 1.59. The van der Waals surface area contributed by atoms with Gasteiger partial charge in [0.15, 0.2) is 0 Å². The molecule has 0 saturated heterocycles. The maximum Gasteiger partial charge on any atom is 0.416 e. The summed E-state index contributed by atoms with van der Waals surface area (Å²) in [6, 6.07) is 1.72. The van der Waals surface area contributed by atoms with Crippen LogP contribution in [0.5, 0.6) is 0 Å². The van der Waals surface area contributed by atoms with Crippen LogP contribution in [0.3, 0.4) is 0 Å². The molecule has 21 heavy (non-hydrogen) atoms. The molecule has 0 spiro atoms. The summed E-state index contributed by atoms with van der Waals surface area (Å²) >= 11 is 0. The monoisotopic (exact) mass is 304 g/mol. The van der Waals surface area contributed by atoms with Crippen molar-refractivity contribution in [3.63, 3.8) is 0 Å². The van der Waals surface area contributed by atoms with Crippen molar-refractivity contribution in [2.24, 2.45) is 5.73 Å². The number of carbonyl (C=O) groups is 2. The molecule has 1 atom stereocenters. The topological polar surface area (TPSA) is 92.4 Å². The molecule has 1 unspecified atom stereocenters. The molecule has 0 saturated carbocycles. The second-order valence-corrected chi connectivity index (χ2v) is 4.48. The molecule has 0 aliphatic carbocycles. The van der Waals surface area contributed by atoms with Crippen LogP contribution < -0.4 is 11.1 Å². The SMILES string of the molecule is CCC(N)CC(=O)Nc1ccc(C(F)(F)F)cc1C(=O)O. The van der Waals surface area contributed by atoms with Gasteiger partial charge in [0.2, 0.25) is 5.91 Å². The van der Waals surface area contributed by atoms with E-state index in [4.69, 9.17) is 10.8 Å². The molecule has 0 bridgehead atoms. The first kappa shape index (κ1) is 17.0. The van der Waals surface area contributed by atoms with Crippen molar-refractivity contribution in [1.82, 2.24) is 0 Å². The molecule has 116 valence electrons. The van der Waals surface area contributed by atoms with E-state index in [9.17, 15) is 22.8 Å². The van der Waals surface area contributed by atoms with Crippen LogP contribution in [-0.2, 0) is 11.0 Å². The number of anilines is 1. The van der Waals surface area contributed by atoms with Crippen molar-refractivity contribution in [2.45, 2.75) is 32.0 Å². The van der Waals surface area contributed by atoms with E-state index >= 15 is 0 Å². The second kappa shape index (κ2) is 6.57. The number of rotatable bonds is 5. The number of halogens is 3. The van der Waals surface area contributed by atoms with Crippen LogP contribution in [0, 0.1) is 0 Å². The van der Waals surface area contributed by atoms with Gasteiger partial charge in [-0.25, -0.2) is 4.79 Å². The highest BCUT2D eigenvalue weighted by Crippen LogP contribution is 2.32. The van der Waals surface area contributed by atoms with Gasteiger partial charge in [0, 0.05) is 12.5 Å². The molecule has 8 heteroatoms. The van der Waals surface area contributed by atoms with Gasteiger partial charge in [-0.3, -0.25) is 4.79 Å². The largest absolute Gasteiger partial charge is 0.478 e. The van der Waals surface area contributed by atoms with E-state index in [0.29, 0.717) is 18.6 Å². The third kappa shape index (κ3) is 4.75. The summed E-state index contributed by atoms with van der Waals surface area (Å²) in [7, 11) is 0. The number of carboxylic acid groups (broad SMARTS) is 1. The lowest BCUT2D eigenvalue weighted by Crippen LogP contribution is -2.26. The molecule has 0 aliphatic heterocycles. The van der Waals surface area contributed by atoms with Crippen LogP contribution in [0.15, 0.2) is 18.2 Å². The Hall–Kier alpha value is -2.09. The number of benzene rings is 1. The Morgan fingerprint density at radius 1 is 1.38 bits per heavy atom. The Labute approximate surface area is 118 Å². The molecule has 1 rings (SSSR count). The zero-order valence-corrected chi connectivity index (χ0v) is 11.2. The molecule has 0 heterocycles. The van der Waals surface area contributed by atoms with Crippen LogP contribution in [-0.4, -0.2) is 23.0 Å². The molecule has 5 nitrogen and oxygen atoms in total. The standard InChI is InChI=1S/C13H15F3N2O3/c1-2-8(17)6-11(19)18-10-4-3-7(13(14,15)16)5-9(10)12(20)21/h3-5,8H,2,6,17H2,1H3,(H,18,19)(H,20,21). The Morgan fingerprint density at radius 3 is 2.48 bits per heavy atom. The van der Waals surface area contributed by atoms with Crippen molar-refractivity contribution in [3.05, 3.63) is 29.3 Å². The molecule has 0 aliphatic rings. The highest BCUT2D eigenvalue weighted by atomic mass is 19.4. The Bertz CT molecular complexity index is 544. The summed E-state index contributed by atoms with van der Waals surface area (Å²) in [4.78, 5) is 22.6. The first-order valence-corrected chi connectivity index (χ1v) is 6.15. The number of aromatic carboxylic acids is 1. The number of amides is 1. The van der Waals surface area contributed by atoms with E-state index in [1.165, 1.54) is 0 Å². The van der Waals surface area contributed by atoms with Gasteiger partial charge in [-0.2, -0.15) is 13.2 Å². The third-order valence-corrected chi connectivity index (χ3v) is 2.82. The molecule has 0 fully saturated rings. The predicted molar refractivity (Wildman–Crippen MR) is 69.9 cm³/mol. The average Bonchev–Trinajstić information content (AvgIpc) is 2.37. The Balaban J connectivity index is 3.02. The summed E-state index contributed by atoms with van der Waals surface area (Å²) in [6.07, 6.45) is -4.15. The van der Waals surface area contributed by atoms with Crippen molar-refractivity contribution in [2.75, 3.05) is 5.32 Å². The highest BCUT2D eigenvalue weighted by Gasteiger charge is 2.32. The lowest BCUT2D eigenvalue weighted by atomic mass is 10.1. The van der Waals surface area contributed by atoms with Gasteiger partial charge in [0.1, 0.15) is 0 Å². The quantitative estimate of drug-likeness (QED) is 0.779. The smallest absolute Gasteiger partial charge is 0.416 e. The molecule has 1 aromatic carbocycles. The van der Waals surface area contributed by atoms with Gasteiger partial charge in [0.25, 0.3) is 0 Å². The third-order valence-electron chi connectivity index (χ3n) is 2.82. The molecular formula is C13H15F3N2O3. The van der Waals surface area contributed by atoms with Gasteiger partial charge >= 0.3 is 12.1 Å². The Kier molecular flexibility index (Phi) is 5.31. The minimum absolute atomic E-state index is 0.0451. The Morgan fingerprint density at radius 2 is 2.00 bits per heavy atom. The van der Waals surface area contributed by atoms with Crippen molar-refractivity contribution in [1.29, 1.82) is 0 Å². The fraction of sp³-hybridized carbons (Fsp3) is 0.385. The van der Waals surface area contributed by atoms with Gasteiger partial charge in [-0.1, -0.05) is 6.92 Å². The minimum Gasteiger partial charge on any atom is -0.478 e. The molecule has 4 N–H and O–H groups in total. The number of hydrogen-bond acceptors (Lipinski definition) is 3. The number of carboxylic acids is 1. The lowest BCUT2D eigenvalue weighted by Gasteiger charge is -2.13. The van der Waals surface area contributed by atoms with E-state index in [2.05, 4.69) is 5.32 Å². The number of nitrogens with one attached hydrogen (secondary N) is 1. The number of hydrogen-bond donors (Lipinski definition) is 3. The average molecular weight is 304 g/mol. The minimum atomic E-state index is -4.66. The first-order chi connectivity index (χ1) is 9.65. The van der Waals surface area contributed by atoms with Crippen molar-refractivity contribution < 1.29 is 27.9 Å². The summed E-state index contributed by atoms with van der Waals surface area (Å²) in [6.45, 7) is 1.78. The van der Waals surface area contributed by atoms with Crippen LogP contribution in [0.2, 0.25) is 0 Å². The number of nitrogens with two attached hydrogens (primary N) is 1. The van der Waals surface area contributed by atoms with Crippen LogP contribution in [0.1, 0.15) is 35.7 Å². The summed E-state index contributed by atoms with van der Waals surface area (Å²) in [5, 5.41) is 11.2. The van der Waals surface area contributed by atoms with E-state index in [0.717, 1.165) is 6.07 Å². The van der Waals surface area contributed by atoms with Crippen molar-refractivity contribution in [3.8, 4) is 0 Å². The maximum atomic E-state index is 12.5. The van der Waals surface area contributed by atoms with Gasteiger partial charge in [-0.05, 0) is 24.6 Å². The second-order valence-electron chi connectivity index (χ2n) is 4.48. The van der Waals surface area contributed by atoms with E-state index < -0.39 is 35.2 Å². The first-order valence-electron chi connectivity index (χ1n) is 6.15. The lowest BCUT2D eigenvalue weighted by molar-refractivity contribution is -0.137. The predicted octanol–water partition coefficient (Wildman–Crippen LogP) is 2.47. The van der Waals surface area contributed by atoms with Crippen LogP contribution in [0.25, 0.3) is 0 Å². The zero-order valence-electron chi connectivity index (χ0n) is 11.2. The van der Waals surface area contributed by atoms with Gasteiger partial charge in [-0.15, -0.1) is 0 Å². The zero-order chi connectivity index (χ0) is 16.2. The molecule has 1 aromatic rings. The summed E-state index contributed by atoms with van der Waals surface area (Å²) < 4.78 is 37.6. The van der Waals surface area contributed by atoms with Crippen molar-refractivity contribution >= 4 is 17.6 Å². The van der Waals surface area contributed by atoms with E-state index in [-0.39, 0.29) is 12.1 Å². The van der Waals surface area contributed by atoms with Crippen LogP contribution >= 0.6 is 0 Å².